The van der Waals surface area contributed by atoms with Gasteiger partial charge in [-0.3, -0.25) is 13.9 Å². The molecule has 7 nitrogen and oxygen atoms in total. The van der Waals surface area contributed by atoms with Crippen molar-refractivity contribution in [2.45, 2.75) is 50.7 Å². The zero-order valence-electron chi connectivity index (χ0n) is 21.4. The minimum absolute atomic E-state index is 0.0379. The summed E-state index contributed by atoms with van der Waals surface area (Å²) in [6.45, 7) is 6.82. The van der Waals surface area contributed by atoms with Gasteiger partial charge in [-0.2, -0.15) is 0 Å². The molecule has 0 aliphatic heterocycles. The number of rotatable bonds is 9. The van der Waals surface area contributed by atoms with Crippen LogP contribution < -0.4 is 9.62 Å². The summed E-state index contributed by atoms with van der Waals surface area (Å²) >= 11 is 6.18. The van der Waals surface area contributed by atoms with Gasteiger partial charge in [-0.1, -0.05) is 66.2 Å². The third-order valence-corrected chi connectivity index (χ3v) is 7.59. The summed E-state index contributed by atoms with van der Waals surface area (Å²) < 4.78 is 28.4. The Kier molecular flexibility index (Phi) is 8.99. The highest BCUT2D eigenvalue weighted by molar-refractivity contribution is 7.92. The maximum atomic E-state index is 13.8. The number of carbonyl (C=O) groups excluding carboxylic acids is 2. The largest absolute Gasteiger partial charge is 0.350 e. The molecular formula is C28H32ClN3O4S. The first-order valence-electron chi connectivity index (χ1n) is 11.9. The third kappa shape index (κ3) is 7.57. The number of amides is 2. The molecule has 0 aliphatic carbocycles. The number of hydrogen-bond donors (Lipinski definition) is 1. The smallest absolute Gasteiger partial charge is 0.264 e. The third-order valence-electron chi connectivity index (χ3n) is 5.57. The molecular weight excluding hydrogens is 510 g/mol. The molecule has 0 unspecified atom stereocenters. The van der Waals surface area contributed by atoms with Gasteiger partial charge in [0, 0.05) is 17.1 Å². The van der Waals surface area contributed by atoms with Crippen LogP contribution in [0.25, 0.3) is 0 Å². The second-order valence-corrected chi connectivity index (χ2v) is 12.0. The number of nitrogens with zero attached hydrogens (tertiary/aromatic N) is 2. The van der Waals surface area contributed by atoms with Crippen molar-refractivity contribution in [1.29, 1.82) is 0 Å². The molecule has 3 aromatic rings. The standard InChI is InChI=1S/C28H32ClN3O4S/c1-21(27(34)30-28(2,3)4)31(19-22-12-7-5-8-13-22)26(33)20-32(24-15-11-14-23(29)18-24)37(35,36)25-16-9-6-10-17-25/h5-18,21H,19-20H2,1-4H3,(H,30,34)/t21-/m1/s1. The van der Waals surface area contributed by atoms with Crippen LogP contribution in [0.1, 0.15) is 33.3 Å². The lowest BCUT2D eigenvalue weighted by atomic mass is 10.1. The Morgan fingerprint density at radius 3 is 2.08 bits per heavy atom. The van der Waals surface area contributed by atoms with E-state index < -0.39 is 34.1 Å². The molecule has 9 heteroatoms. The van der Waals surface area contributed by atoms with Crippen LogP contribution in [0.2, 0.25) is 5.02 Å². The summed E-state index contributed by atoms with van der Waals surface area (Å²) in [7, 11) is -4.12. The number of sulfonamides is 1. The van der Waals surface area contributed by atoms with E-state index in [1.165, 1.54) is 23.1 Å². The minimum atomic E-state index is -4.12. The zero-order chi connectivity index (χ0) is 27.2. The average Bonchev–Trinajstić information content (AvgIpc) is 2.85. The van der Waals surface area contributed by atoms with Crippen molar-refractivity contribution in [3.05, 3.63) is 95.5 Å². The van der Waals surface area contributed by atoms with E-state index in [2.05, 4.69) is 5.32 Å². The maximum Gasteiger partial charge on any atom is 0.264 e. The lowest BCUT2D eigenvalue weighted by Crippen LogP contribution is -2.54. The Hall–Kier alpha value is -3.36. The van der Waals surface area contributed by atoms with Gasteiger partial charge in [0.1, 0.15) is 12.6 Å². The second-order valence-electron chi connectivity index (χ2n) is 9.73. The SMILES string of the molecule is C[C@H](C(=O)NC(C)(C)C)N(Cc1ccccc1)C(=O)CN(c1cccc(Cl)c1)S(=O)(=O)c1ccccc1. The van der Waals surface area contributed by atoms with E-state index in [1.807, 2.05) is 51.1 Å². The Bertz CT molecular complexity index is 1330. The fraction of sp³-hybridized carbons (Fsp3) is 0.286. The van der Waals surface area contributed by atoms with Gasteiger partial charge in [0.15, 0.2) is 0 Å². The van der Waals surface area contributed by atoms with Crippen molar-refractivity contribution in [2.75, 3.05) is 10.8 Å². The molecule has 1 N–H and O–H groups in total. The van der Waals surface area contributed by atoms with E-state index >= 15 is 0 Å². The molecule has 0 spiro atoms. The van der Waals surface area contributed by atoms with Gasteiger partial charge < -0.3 is 10.2 Å². The van der Waals surface area contributed by atoms with E-state index in [1.54, 1.807) is 43.3 Å². The molecule has 0 aromatic heterocycles. The van der Waals surface area contributed by atoms with Crippen molar-refractivity contribution in [1.82, 2.24) is 10.2 Å². The predicted molar refractivity (Wildman–Crippen MR) is 147 cm³/mol. The number of carbonyl (C=O) groups is 2. The molecule has 3 rings (SSSR count). The van der Waals surface area contributed by atoms with Gasteiger partial charge in [0.2, 0.25) is 11.8 Å². The van der Waals surface area contributed by atoms with Crippen LogP contribution in [0, 0.1) is 0 Å². The van der Waals surface area contributed by atoms with Crippen LogP contribution in [0.3, 0.4) is 0 Å². The summed E-state index contributed by atoms with van der Waals surface area (Å²) in [5.74, 6) is -0.864. The first-order valence-corrected chi connectivity index (χ1v) is 13.7. The molecule has 2 amide bonds. The van der Waals surface area contributed by atoms with Gasteiger partial charge in [-0.15, -0.1) is 0 Å². The van der Waals surface area contributed by atoms with Crippen molar-refractivity contribution in [3.8, 4) is 0 Å². The predicted octanol–water partition coefficient (Wildman–Crippen LogP) is 4.87. The lowest BCUT2D eigenvalue weighted by molar-refractivity contribution is -0.140. The Morgan fingerprint density at radius 1 is 0.919 bits per heavy atom. The van der Waals surface area contributed by atoms with Crippen molar-refractivity contribution in [3.63, 3.8) is 0 Å². The summed E-state index contributed by atoms with van der Waals surface area (Å²) in [6, 6.07) is 22.6. The molecule has 0 bridgehead atoms. The number of nitrogens with one attached hydrogen (secondary N) is 1. The van der Waals surface area contributed by atoms with Gasteiger partial charge in [0.05, 0.1) is 10.6 Å². The first-order chi connectivity index (χ1) is 17.4. The van der Waals surface area contributed by atoms with Crippen LogP contribution in [0.15, 0.2) is 89.8 Å². The molecule has 3 aromatic carbocycles. The summed E-state index contributed by atoms with van der Waals surface area (Å²) in [4.78, 5) is 28.3. The fourth-order valence-corrected chi connectivity index (χ4v) is 5.33. The summed E-state index contributed by atoms with van der Waals surface area (Å²) in [6.07, 6.45) is 0. The molecule has 0 radical (unpaired) electrons. The van der Waals surface area contributed by atoms with Crippen LogP contribution in [0.5, 0.6) is 0 Å². The molecule has 37 heavy (non-hydrogen) atoms. The fourth-order valence-electron chi connectivity index (χ4n) is 3.72. The number of halogens is 1. The topological polar surface area (TPSA) is 86.8 Å². The monoisotopic (exact) mass is 541 g/mol. The number of benzene rings is 3. The summed E-state index contributed by atoms with van der Waals surface area (Å²) in [5, 5.41) is 3.24. The van der Waals surface area contributed by atoms with Crippen LogP contribution in [-0.4, -0.2) is 43.3 Å². The molecule has 0 heterocycles. The normalized spacial score (nSPS) is 12.5. The average molecular weight is 542 g/mol. The van der Waals surface area contributed by atoms with E-state index in [0.717, 1.165) is 9.87 Å². The van der Waals surface area contributed by atoms with Crippen LogP contribution in [0.4, 0.5) is 5.69 Å². The molecule has 0 aliphatic rings. The van der Waals surface area contributed by atoms with E-state index in [-0.39, 0.29) is 23.0 Å². The van der Waals surface area contributed by atoms with E-state index in [0.29, 0.717) is 5.02 Å². The van der Waals surface area contributed by atoms with Crippen molar-refractivity contribution in [2.24, 2.45) is 0 Å². The minimum Gasteiger partial charge on any atom is -0.350 e. The molecule has 196 valence electrons. The van der Waals surface area contributed by atoms with Gasteiger partial charge in [0.25, 0.3) is 10.0 Å². The van der Waals surface area contributed by atoms with Crippen molar-refractivity contribution >= 4 is 39.1 Å². The zero-order valence-corrected chi connectivity index (χ0v) is 23.0. The quantitative estimate of drug-likeness (QED) is 0.419. The second kappa shape index (κ2) is 11.8. The highest BCUT2D eigenvalue weighted by Gasteiger charge is 2.33. The number of anilines is 1. The lowest BCUT2D eigenvalue weighted by Gasteiger charge is -2.33. The van der Waals surface area contributed by atoms with Gasteiger partial charge in [-0.05, 0) is 63.6 Å². The van der Waals surface area contributed by atoms with E-state index in [9.17, 15) is 18.0 Å². The Morgan fingerprint density at radius 2 is 1.51 bits per heavy atom. The van der Waals surface area contributed by atoms with Crippen molar-refractivity contribution < 1.29 is 18.0 Å². The van der Waals surface area contributed by atoms with Crippen LogP contribution in [-0.2, 0) is 26.2 Å². The van der Waals surface area contributed by atoms with E-state index in [4.69, 9.17) is 11.6 Å². The summed E-state index contributed by atoms with van der Waals surface area (Å²) in [5.41, 5.74) is 0.554. The number of hydrogen-bond acceptors (Lipinski definition) is 4. The molecule has 1 atom stereocenters. The molecule has 0 saturated carbocycles. The van der Waals surface area contributed by atoms with Gasteiger partial charge >= 0.3 is 0 Å². The first kappa shape index (κ1) is 28.2. The molecule has 0 saturated heterocycles. The van der Waals surface area contributed by atoms with Gasteiger partial charge in [-0.25, -0.2) is 8.42 Å². The Labute approximate surface area is 224 Å². The Balaban J connectivity index is 2.01. The molecule has 0 fully saturated rings. The highest BCUT2D eigenvalue weighted by Crippen LogP contribution is 2.26. The highest BCUT2D eigenvalue weighted by atomic mass is 35.5. The van der Waals surface area contributed by atoms with Crippen LogP contribution >= 0.6 is 11.6 Å². The maximum absolute atomic E-state index is 13.8.